The van der Waals surface area contributed by atoms with Crippen LogP contribution in [0.1, 0.15) is 23.9 Å². The highest BCUT2D eigenvalue weighted by atomic mass is 32.2. The van der Waals surface area contributed by atoms with Crippen LogP contribution >= 0.6 is 0 Å². The summed E-state index contributed by atoms with van der Waals surface area (Å²) in [6.07, 6.45) is 0.435. The molecule has 1 aromatic heterocycles. The van der Waals surface area contributed by atoms with E-state index in [4.69, 9.17) is 4.98 Å². The number of rotatable bonds is 7. The molecule has 0 bridgehead atoms. The van der Waals surface area contributed by atoms with Gasteiger partial charge in [0.2, 0.25) is 15.9 Å². The molecule has 1 aliphatic heterocycles. The van der Waals surface area contributed by atoms with Crippen molar-refractivity contribution in [2.45, 2.75) is 38.3 Å². The summed E-state index contributed by atoms with van der Waals surface area (Å²) >= 11 is 0. The highest BCUT2D eigenvalue weighted by molar-refractivity contribution is 7.89. The molecule has 8 nitrogen and oxygen atoms in total. The normalized spacial score (nSPS) is 15.4. The Morgan fingerprint density at radius 3 is 2.32 bits per heavy atom. The molecule has 2 heterocycles. The van der Waals surface area contributed by atoms with Crippen LogP contribution in [-0.2, 0) is 34.3 Å². The molecule has 2 aromatic carbocycles. The number of carbonyl (C=O) groups is 1. The Kier molecular flexibility index (Phi) is 7.06. The zero-order chi connectivity index (χ0) is 24.5. The van der Waals surface area contributed by atoms with E-state index < -0.39 is 10.0 Å². The molecule has 34 heavy (non-hydrogen) atoms. The lowest BCUT2D eigenvalue weighted by atomic mass is 10.1. The zero-order valence-corrected chi connectivity index (χ0v) is 21.2. The van der Waals surface area contributed by atoms with Crippen LogP contribution in [0, 0.1) is 6.92 Å². The number of fused-ring (bicyclic) bond motifs is 1. The van der Waals surface area contributed by atoms with Gasteiger partial charge in [-0.3, -0.25) is 9.69 Å². The Morgan fingerprint density at radius 2 is 1.71 bits per heavy atom. The van der Waals surface area contributed by atoms with Crippen molar-refractivity contribution in [3.8, 4) is 0 Å². The summed E-state index contributed by atoms with van der Waals surface area (Å²) in [7, 11) is -0.452. The van der Waals surface area contributed by atoms with Gasteiger partial charge in [-0.1, -0.05) is 29.8 Å². The molecule has 1 aliphatic rings. The van der Waals surface area contributed by atoms with Gasteiger partial charge in [-0.2, -0.15) is 0 Å². The molecule has 9 heteroatoms. The molecule has 0 saturated carbocycles. The second-order valence-corrected chi connectivity index (χ2v) is 11.2. The number of aryl methyl sites for hydroxylation is 2. The highest BCUT2D eigenvalue weighted by Gasteiger charge is 2.24. The largest absolute Gasteiger partial charge is 0.340 e. The lowest BCUT2D eigenvalue weighted by molar-refractivity contribution is -0.132. The Hall–Kier alpha value is -2.75. The molecule has 3 aromatic rings. The molecule has 0 aliphatic carbocycles. The molecular weight excluding hydrogens is 450 g/mol. The fourth-order valence-electron chi connectivity index (χ4n) is 4.35. The summed E-state index contributed by atoms with van der Waals surface area (Å²) in [6, 6.07) is 13.3. The molecule has 0 radical (unpaired) electrons. The maximum atomic E-state index is 12.7. The van der Waals surface area contributed by atoms with Crippen LogP contribution in [0.15, 0.2) is 47.4 Å². The van der Waals surface area contributed by atoms with Crippen molar-refractivity contribution < 1.29 is 13.2 Å². The van der Waals surface area contributed by atoms with Crippen LogP contribution in [-0.4, -0.2) is 78.3 Å². The molecule has 0 unspecified atom stereocenters. The van der Waals surface area contributed by atoms with Gasteiger partial charge in [0, 0.05) is 46.8 Å². The predicted molar refractivity (Wildman–Crippen MR) is 133 cm³/mol. The quantitative estimate of drug-likeness (QED) is 0.516. The van der Waals surface area contributed by atoms with Crippen LogP contribution < -0.4 is 0 Å². The molecular formula is C25H33N5O3S. The molecule has 4 rings (SSSR count). The Morgan fingerprint density at radius 1 is 1.03 bits per heavy atom. The molecule has 1 fully saturated rings. The van der Waals surface area contributed by atoms with E-state index in [9.17, 15) is 13.2 Å². The average molecular weight is 484 g/mol. The van der Waals surface area contributed by atoms with E-state index in [1.807, 2.05) is 42.2 Å². The second-order valence-electron chi connectivity index (χ2n) is 9.03. The van der Waals surface area contributed by atoms with Gasteiger partial charge >= 0.3 is 0 Å². The number of piperazine rings is 1. The lowest BCUT2D eigenvalue weighted by Crippen LogP contribution is -2.48. The number of hydrogen-bond donors (Lipinski definition) is 0. The average Bonchev–Trinajstić information content (AvgIpc) is 3.17. The number of nitrogens with zero attached hydrogens (tertiary/aromatic N) is 5. The van der Waals surface area contributed by atoms with E-state index >= 15 is 0 Å². The van der Waals surface area contributed by atoms with Crippen LogP contribution in [0.4, 0.5) is 0 Å². The Bertz CT molecular complexity index is 1270. The predicted octanol–water partition coefficient (Wildman–Crippen LogP) is 2.50. The fraction of sp³-hybridized carbons (Fsp3) is 0.440. The topological polar surface area (TPSA) is 78.8 Å². The first-order valence-corrected chi connectivity index (χ1v) is 13.1. The first-order valence-electron chi connectivity index (χ1n) is 11.7. The van der Waals surface area contributed by atoms with Gasteiger partial charge in [0.15, 0.2) is 0 Å². The molecule has 1 saturated heterocycles. The van der Waals surface area contributed by atoms with E-state index in [-0.39, 0.29) is 10.8 Å². The standard InChI is InChI=1S/C25H33N5O3S/c1-5-30-23-11-10-21(34(32,33)27(3)4)17-22(23)26-24(30)18-28-12-14-29(15-13-28)25(31)16-20-8-6-19(2)7-9-20/h6-11,17H,5,12-16,18H2,1-4H3. The number of benzene rings is 2. The summed E-state index contributed by atoms with van der Waals surface area (Å²) in [5.41, 5.74) is 3.86. The number of hydrogen-bond acceptors (Lipinski definition) is 5. The Balaban J connectivity index is 1.43. The van der Waals surface area contributed by atoms with Crippen LogP contribution in [0.3, 0.4) is 0 Å². The van der Waals surface area contributed by atoms with Gasteiger partial charge < -0.3 is 9.47 Å². The number of imidazole rings is 1. The van der Waals surface area contributed by atoms with Gasteiger partial charge in [-0.05, 0) is 37.6 Å². The Labute approximate surface area is 201 Å². The summed E-state index contributed by atoms with van der Waals surface area (Å²) in [5.74, 6) is 1.08. The maximum absolute atomic E-state index is 12.7. The van der Waals surface area contributed by atoms with Crippen molar-refractivity contribution in [1.82, 2.24) is 23.7 Å². The zero-order valence-electron chi connectivity index (χ0n) is 20.4. The smallest absolute Gasteiger partial charge is 0.242 e. The molecule has 182 valence electrons. The molecule has 0 N–H and O–H groups in total. The van der Waals surface area contributed by atoms with Crippen molar-refractivity contribution in [1.29, 1.82) is 0 Å². The summed E-state index contributed by atoms with van der Waals surface area (Å²) in [4.78, 5) is 22.0. The van der Waals surface area contributed by atoms with E-state index in [0.717, 1.165) is 36.5 Å². The van der Waals surface area contributed by atoms with Crippen LogP contribution in [0.2, 0.25) is 0 Å². The van der Waals surface area contributed by atoms with Crippen molar-refractivity contribution in [2.75, 3.05) is 40.3 Å². The number of amides is 1. The van der Waals surface area contributed by atoms with Gasteiger partial charge in [-0.25, -0.2) is 17.7 Å². The number of carbonyl (C=O) groups excluding carboxylic acids is 1. The highest BCUT2D eigenvalue weighted by Crippen LogP contribution is 2.23. The van der Waals surface area contributed by atoms with Gasteiger partial charge in [0.1, 0.15) is 5.82 Å². The molecule has 0 spiro atoms. The van der Waals surface area contributed by atoms with Crippen LogP contribution in [0.25, 0.3) is 11.0 Å². The number of aromatic nitrogens is 2. The minimum absolute atomic E-state index is 0.166. The van der Waals surface area contributed by atoms with Crippen molar-refractivity contribution in [3.63, 3.8) is 0 Å². The van der Waals surface area contributed by atoms with Gasteiger partial charge in [0.25, 0.3) is 0 Å². The third-order valence-corrected chi connectivity index (χ3v) is 8.27. The summed E-state index contributed by atoms with van der Waals surface area (Å²) in [5, 5.41) is 0. The van der Waals surface area contributed by atoms with Crippen molar-refractivity contribution in [3.05, 3.63) is 59.4 Å². The summed E-state index contributed by atoms with van der Waals surface area (Å²) in [6.45, 7) is 8.49. The van der Waals surface area contributed by atoms with E-state index in [2.05, 4.69) is 16.4 Å². The first-order chi connectivity index (χ1) is 16.2. The first kappa shape index (κ1) is 24.4. The second kappa shape index (κ2) is 9.85. The lowest BCUT2D eigenvalue weighted by Gasteiger charge is -2.34. The third kappa shape index (κ3) is 5.01. The van der Waals surface area contributed by atoms with Crippen LogP contribution in [0.5, 0.6) is 0 Å². The molecule has 1 amide bonds. The maximum Gasteiger partial charge on any atom is 0.242 e. The van der Waals surface area contributed by atoms with Gasteiger partial charge in [0.05, 0.1) is 28.9 Å². The van der Waals surface area contributed by atoms with E-state index in [0.29, 0.717) is 31.6 Å². The minimum atomic E-state index is -3.51. The van der Waals surface area contributed by atoms with E-state index in [1.165, 1.54) is 24.0 Å². The molecule has 0 atom stereocenters. The fourth-order valence-corrected chi connectivity index (χ4v) is 5.27. The minimum Gasteiger partial charge on any atom is -0.340 e. The summed E-state index contributed by atoms with van der Waals surface area (Å²) < 4.78 is 28.4. The number of sulfonamides is 1. The SMILES string of the molecule is CCn1c(CN2CCN(C(=O)Cc3ccc(C)cc3)CC2)nc2cc(S(=O)(=O)N(C)C)ccc21. The third-order valence-electron chi connectivity index (χ3n) is 6.46. The van der Waals surface area contributed by atoms with Gasteiger partial charge in [-0.15, -0.1) is 0 Å². The van der Waals surface area contributed by atoms with E-state index in [1.54, 1.807) is 12.1 Å². The monoisotopic (exact) mass is 483 g/mol. The van der Waals surface area contributed by atoms with Crippen molar-refractivity contribution in [2.24, 2.45) is 0 Å². The van der Waals surface area contributed by atoms with Crippen molar-refractivity contribution >= 4 is 27.0 Å².